The van der Waals surface area contributed by atoms with Gasteiger partial charge in [0, 0.05) is 5.41 Å². The van der Waals surface area contributed by atoms with Crippen molar-refractivity contribution in [2.75, 3.05) is 19.7 Å². The highest BCUT2D eigenvalue weighted by atomic mass is 35.5. The second kappa shape index (κ2) is 9.16. The van der Waals surface area contributed by atoms with Gasteiger partial charge in [-0.3, -0.25) is 0 Å². The Bertz CT molecular complexity index is 623. The second-order valence-corrected chi connectivity index (χ2v) is 6.56. The van der Waals surface area contributed by atoms with E-state index in [4.69, 9.17) is 4.74 Å². The molecule has 2 aromatic carbocycles. The van der Waals surface area contributed by atoms with Crippen LogP contribution in [0.15, 0.2) is 48.5 Å². The third kappa shape index (κ3) is 5.16. The van der Waals surface area contributed by atoms with Crippen molar-refractivity contribution < 1.29 is 13.5 Å². The number of ether oxygens (including phenoxy) is 1. The van der Waals surface area contributed by atoms with E-state index in [9.17, 15) is 8.78 Å². The molecule has 1 N–H and O–H groups in total. The highest BCUT2D eigenvalue weighted by molar-refractivity contribution is 5.85. The van der Waals surface area contributed by atoms with Crippen LogP contribution in [0.3, 0.4) is 0 Å². The molecule has 25 heavy (non-hydrogen) atoms. The molecule has 1 heterocycles. The summed E-state index contributed by atoms with van der Waals surface area (Å²) in [5.41, 5.74) is 0.691. The summed E-state index contributed by atoms with van der Waals surface area (Å²) in [6, 6.07) is 13.4. The van der Waals surface area contributed by atoms with Gasteiger partial charge in [-0.1, -0.05) is 30.3 Å². The number of hydrogen-bond donors (Lipinski definition) is 1. The largest absolute Gasteiger partial charge is 0.490 e. The van der Waals surface area contributed by atoms with E-state index < -0.39 is 0 Å². The minimum Gasteiger partial charge on any atom is -0.490 e. The smallest absolute Gasteiger partial charge is 0.165 e. The van der Waals surface area contributed by atoms with Crippen LogP contribution >= 0.6 is 12.4 Å². The first kappa shape index (κ1) is 19.7. The van der Waals surface area contributed by atoms with Gasteiger partial charge < -0.3 is 10.1 Å². The summed E-state index contributed by atoms with van der Waals surface area (Å²) < 4.78 is 33.5. The average Bonchev–Trinajstić information content (AvgIpc) is 2.61. The average molecular weight is 368 g/mol. The lowest BCUT2D eigenvalue weighted by Gasteiger charge is -2.37. The zero-order valence-corrected chi connectivity index (χ0v) is 15.0. The molecule has 0 saturated carbocycles. The van der Waals surface area contributed by atoms with Gasteiger partial charge in [0.1, 0.15) is 5.82 Å². The summed E-state index contributed by atoms with van der Waals surface area (Å²) in [6.45, 7) is 2.29. The maximum atomic E-state index is 13.9. The first-order valence-corrected chi connectivity index (χ1v) is 8.50. The third-order valence-corrected chi connectivity index (χ3v) is 4.92. The highest BCUT2D eigenvalue weighted by Crippen LogP contribution is 2.35. The lowest BCUT2D eigenvalue weighted by atomic mass is 9.75. The summed E-state index contributed by atoms with van der Waals surface area (Å²) in [6.07, 6.45) is 3.42. The minimum absolute atomic E-state index is 0. The van der Waals surface area contributed by atoms with E-state index in [1.807, 2.05) is 12.1 Å². The molecule has 1 aliphatic heterocycles. The van der Waals surface area contributed by atoms with Crippen molar-refractivity contribution in [3.8, 4) is 5.75 Å². The van der Waals surface area contributed by atoms with Crippen molar-refractivity contribution >= 4 is 12.4 Å². The molecule has 5 heteroatoms. The fraction of sp³-hybridized carbons (Fsp3) is 0.400. The van der Waals surface area contributed by atoms with Gasteiger partial charge in [0.2, 0.25) is 0 Å². The number of rotatable bonds is 6. The van der Waals surface area contributed by atoms with E-state index in [1.54, 1.807) is 24.3 Å². The Morgan fingerprint density at radius 1 is 0.920 bits per heavy atom. The SMILES string of the molecule is Cl.Fc1ccccc1CCC1(COc2ccccc2F)CCNCC1. The van der Waals surface area contributed by atoms with Gasteiger partial charge in [0.05, 0.1) is 6.61 Å². The Morgan fingerprint density at radius 2 is 1.56 bits per heavy atom. The van der Waals surface area contributed by atoms with Gasteiger partial charge >= 0.3 is 0 Å². The molecule has 1 aliphatic rings. The summed E-state index contributed by atoms with van der Waals surface area (Å²) in [5.74, 6) is -0.200. The van der Waals surface area contributed by atoms with Gasteiger partial charge in [0.25, 0.3) is 0 Å². The summed E-state index contributed by atoms with van der Waals surface area (Å²) in [4.78, 5) is 0. The summed E-state index contributed by atoms with van der Waals surface area (Å²) >= 11 is 0. The maximum Gasteiger partial charge on any atom is 0.165 e. The van der Waals surface area contributed by atoms with Crippen LogP contribution in [0.25, 0.3) is 0 Å². The van der Waals surface area contributed by atoms with Crippen molar-refractivity contribution in [2.24, 2.45) is 5.41 Å². The molecule has 3 rings (SSSR count). The van der Waals surface area contributed by atoms with E-state index >= 15 is 0 Å². The van der Waals surface area contributed by atoms with Crippen LogP contribution in [0, 0.1) is 17.0 Å². The van der Waals surface area contributed by atoms with Gasteiger partial charge in [-0.05, 0) is 62.5 Å². The van der Waals surface area contributed by atoms with E-state index in [-0.39, 0.29) is 29.5 Å². The van der Waals surface area contributed by atoms with Crippen LogP contribution in [0.4, 0.5) is 8.78 Å². The Morgan fingerprint density at radius 3 is 2.24 bits per heavy atom. The van der Waals surface area contributed by atoms with Gasteiger partial charge in [-0.2, -0.15) is 0 Å². The van der Waals surface area contributed by atoms with Crippen LogP contribution in [0.1, 0.15) is 24.8 Å². The first-order chi connectivity index (χ1) is 11.7. The molecule has 0 unspecified atom stereocenters. The predicted molar refractivity (Wildman–Crippen MR) is 98.4 cm³/mol. The molecular weight excluding hydrogens is 344 g/mol. The number of benzene rings is 2. The monoisotopic (exact) mass is 367 g/mol. The highest BCUT2D eigenvalue weighted by Gasteiger charge is 2.33. The molecule has 2 nitrogen and oxygen atoms in total. The van der Waals surface area contributed by atoms with E-state index in [0.717, 1.165) is 37.9 Å². The van der Waals surface area contributed by atoms with Crippen molar-refractivity contribution in [3.05, 3.63) is 65.7 Å². The lowest BCUT2D eigenvalue weighted by molar-refractivity contribution is 0.0921. The minimum atomic E-state index is -0.337. The molecule has 0 atom stereocenters. The maximum absolute atomic E-state index is 13.9. The molecule has 0 amide bonds. The molecule has 0 bridgehead atoms. The molecule has 0 aliphatic carbocycles. The molecular formula is C20H24ClF2NO. The zero-order chi connectivity index (χ0) is 16.8. The van der Waals surface area contributed by atoms with Crippen molar-refractivity contribution in [1.82, 2.24) is 5.32 Å². The number of para-hydroxylation sites is 1. The van der Waals surface area contributed by atoms with Crippen LogP contribution in [0.5, 0.6) is 5.75 Å². The van der Waals surface area contributed by atoms with Crippen LogP contribution < -0.4 is 10.1 Å². The normalized spacial score (nSPS) is 16.1. The van der Waals surface area contributed by atoms with E-state index in [2.05, 4.69) is 5.32 Å². The Labute approximate surface area is 154 Å². The molecule has 1 fully saturated rings. The molecule has 1 saturated heterocycles. The fourth-order valence-corrected chi connectivity index (χ4v) is 3.32. The Balaban J connectivity index is 0.00000225. The predicted octanol–water partition coefficient (Wildman–Crippen LogP) is 4.77. The zero-order valence-electron chi connectivity index (χ0n) is 14.1. The van der Waals surface area contributed by atoms with Gasteiger partial charge in [-0.15, -0.1) is 12.4 Å². The van der Waals surface area contributed by atoms with Crippen molar-refractivity contribution in [1.29, 1.82) is 0 Å². The van der Waals surface area contributed by atoms with Crippen LogP contribution in [-0.4, -0.2) is 19.7 Å². The standard InChI is InChI=1S/C20H23F2NO.ClH/c21-17-6-2-1-5-16(17)9-10-20(11-13-23-14-12-20)15-24-19-8-4-3-7-18(19)22;/h1-8,23H,9-15H2;1H. The molecule has 0 aromatic heterocycles. The second-order valence-electron chi connectivity index (χ2n) is 6.56. The Hall–Kier alpha value is -1.65. The molecule has 0 radical (unpaired) electrons. The topological polar surface area (TPSA) is 21.3 Å². The third-order valence-electron chi connectivity index (χ3n) is 4.92. The van der Waals surface area contributed by atoms with Gasteiger partial charge in [0.15, 0.2) is 11.6 Å². The van der Waals surface area contributed by atoms with Crippen molar-refractivity contribution in [3.63, 3.8) is 0 Å². The quantitative estimate of drug-likeness (QED) is 0.794. The van der Waals surface area contributed by atoms with Crippen molar-refractivity contribution in [2.45, 2.75) is 25.7 Å². The lowest BCUT2D eigenvalue weighted by Crippen LogP contribution is -2.41. The number of piperidine rings is 1. The first-order valence-electron chi connectivity index (χ1n) is 8.50. The molecule has 0 spiro atoms. The molecule has 2 aromatic rings. The summed E-state index contributed by atoms with van der Waals surface area (Å²) in [5, 5.41) is 3.35. The fourth-order valence-electron chi connectivity index (χ4n) is 3.32. The summed E-state index contributed by atoms with van der Waals surface area (Å²) in [7, 11) is 0. The molecule has 136 valence electrons. The number of aryl methyl sites for hydroxylation is 1. The number of nitrogens with one attached hydrogen (secondary N) is 1. The van der Waals surface area contributed by atoms with E-state index in [0.29, 0.717) is 18.8 Å². The van der Waals surface area contributed by atoms with E-state index in [1.165, 1.54) is 12.1 Å². The Kier molecular flexibility index (Phi) is 7.21. The number of hydrogen-bond acceptors (Lipinski definition) is 2. The van der Waals surface area contributed by atoms with Crippen LogP contribution in [-0.2, 0) is 6.42 Å². The van der Waals surface area contributed by atoms with Gasteiger partial charge in [-0.25, -0.2) is 8.78 Å². The number of halogens is 3. The van der Waals surface area contributed by atoms with Crippen LogP contribution in [0.2, 0.25) is 0 Å².